The highest BCUT2D eigenvalue weighted by molar-refractivity contribution is 6.02. The summed E-state index contributed by atoms with van der Waals surface area (Å²) in [6.07, 6.45) is 3.34. The van der Waals surface area contributed by atoms with E-state index in [0.717, 1.165) is 11.3 Å². The molecule has 0 fully saturated rings. The molecule has 0 aromatic heterocycles. The quantitative estimate of drug-likeness (QED) is 0.525. The molecular formula is C25H25NO2. The zero-order chi connectivity index (χ0) is 20.0. The van der Waals surface area contributed by atoms with Gasteiger partial charge < -0.3 is 10.1 Å². The summed E-state index contributed by atoms with van der Waals surface area (Å²) in [5.41, 5.74) is 2.99. The molecule has 1 amide bonds. The van der Waals surface area contributed by atoms with Gasteiger partial charge in [-0.15, -0.1) is 0 Å². The molecule has 3 nitrogen and oxygen atoms in total. The lowest BCUT2D eigenvalue weighted by Gasteiger charge is -2.18. The summed E-state index contributed by atoms with van der Waals surface area (Å²) in [5, 5.41) is 2.89. The van der Waals surface area contributed by atoms with E-state index in [0.29, 0.717) is 11.4 Å². The molecule has 0 saturated heterocycles. The molecule has 3 heteroatoms. The fraction of sp³-hybridized carbons (Fsp3) is 0.160. The van der Waals surface area contributed by atoms with E-state index < -0.39 is 0 Å². The molecule has 0 saturated carbocycles. The first kappa shape index (κ1) is 19.4. The van der Waals surface area contributed by atoms with Crippen molar-refractivity contribution in [2.75, 3.05) is 5.32 Å². The van der Waals surface area contributed by atoms with Gasteiger partial charge in [-0.3, -0.25) is 4.79 Å². The van der Waals surface area contributed by atoms with Crippen molar-refractivity contribution in [1.82, 2.24) is 0 Å². The average Bonchev–Trinajstić information content (AvgIpc) is 2.68. The second-order valence-corrected chi connectivity index (χ2v) is 7.61. The molecule has 3 aromatic carbocycles. The van der Waals surface area contributed by atoms with Crippen LogP contribution in [0.1, 0.15) is 31.9 Å². The Bertz CT molecular complexity index is 952. The number of rotatable bonds is 5. The minimum atomic E-state index is -0.205. The van der Waals surface area contributed by atoms with E-state index in [2.05, 4.69) is 38.2 Å². The summed E-state index contributed by atoms with van der Waals surface area (Å²) in [7, 11) is 0. The van der Waals surface area contributed by atoms with Crippen molar-refractivity contribution in [3.8, 4) is 11.5 Å². The van der Waals surface area contributed by atoms with Gasteiger partial charge in [-0.1, -0.05) is 75.4 Å². The van der Waals surface area contributed by atoms with E-state index in [1.165, 1.54) is 11.6 Å². The maximum absolute atomic E-state index is 12.4. The first-order valence-electron chi connectivity index (χ1n) is 9.33. The van der Waals surface area contributed by atoms with Gasteiger partial charge in [0.1, 0.15) is 5.75 Å². The molecule has 3 rings (SSSR count). The van der Waals surface area contributed by atoms with Gasteiger partial charge in [0.2, 0.25) is 5.91 Å². The fourth-order valence-corrected chi connectivity index (χ4v) is 2.71. The summed E-state index contributed by atoms with van der Waals surface area (Å²) >= 11 is 0. The van der Waals surface area contributed by atoms with Gasteiger partial charge in [-0.2, -0.15) is 0 Å². The molecule has 28 heavy (non-hydrogen) atoms. The number of carbonyl (C=O) groups is 1. The number of anilines is 1. The lowest BCUT2D eigenvalue weighted by molar-refractivity contribution is -0.111. The van der Waals surface area contributed by atoms with Crippen molar-refractivity contribution in [2.24, 2.45) is 0 Å². The predicted molar refractivity (Wildman–Crippen MR) is 116 cm³/mol. The summed E-state index contributed by atoms with van der Waals surface area (Å²) in [5.74, 6) is 1.12. The van der Waals surface area contributed by atoms with Crippen LogP contribution >= 0.6 is 0 Å². The summed E-state index contributed by atoms with van der Waals surface area (Å²) < 4.78 is 5.88. The van der Waals surface area contributed by atoms with Gasteiger partial charge in [-0.25, -0.2) is 0 Å². The second kappa shape index (κ2) is 8.57. The van der Waals surface area contributed by atoms with Crippen LogP contribution in [0.2, 0.25) is 0 Å². The third-order valence-electron chi connectivity index (χ3n) is 4.32. The molecular weight excluding hydrogens is 346 g/mol. The Morgan fingerprint density at radius 2 is 1.50 bits per heavy atom. The molecule has 1 N–H and O–H groups in total. The van der Waals surface area contributed by atoms with Gasteiger partial charge in [-0.05, 0) is 46.9 Å². The van der Waals surface area contributed by atoms with Crippen LogP contribution in [0.5, 0.6) is 11.5 Å². The van der Waals surface area contributed by atoms with Crippen molar-refractivity contribution in [3.63, 3.8) is 0 Å². The fourth-order valence-electron chi connectivity index (χ4n) is 2.71. The number of benzene rings is 3. The number of ether oxygens (including phenoxy) is 1. The van der Waals surface area contributed by atoms with Crippen molar-refractivity contribution in [3.05, 3.63) is 96.1 Å². The standard InChI is InChI=1S/C25H25NO2/c1-25(2,3)20-16-13-19(14-17-20)15-18-24(27)26-22-11-7-8-12-23(22)28-21-9-5-4-6-10-21/h4-18H,1-3H3,(H,26,27)/b18-15+. The monoisotopic (exact) mass is 371 g/mol. The van der Waals surface area contributed by atoms with Crippen molar-refractivity contribution in [2.45, 2.75) is 26.2 Å². The summed E-state index contributed by atoms with van der Waals surface area (Å²) in [4.78, 5) is 12.4. The Balaban J connectivity index is 1.67. The summed E-state index contributed by atoms with van der Waals surface area (Å²) in [6, 6.07) is 25.1. The van der Waals surface area contributed by atoms with E-state index in [-0.39, 0.29) is 11.3 Å². The first-order chi connectivity index (χ1) is 13.4. The Morgan fingerprint density at radius 3 is 2.18 bits per heavy atom. The molecule has 0 aliphatic carbocycles. The van der Waals surface area contributed by atoms with Crippen LogP contribution in [0.4, 0.5) is 5.69 Å². The molecule has 0 aliphatic heterocycles. The summed E-state index contributed by atoms with van der Waals surface area (Å²) in [6.45, 7) is 6.54. The van der Waals surface area contributed by atoms with Gasteiger partial charge in [0.05, 0.1) is 5.69 Å². The third-order valence-corrected chi connectivity index (χ3v) is 4.32. The molecule has 142 valence electrons. The largest absolute Gasteiger partial charge is 0.455 e. The molecule has 3 aromatic rings. The lowest BCUT2D eigenvalue weighted by Crippen LogP contribution is -2.10. The van der Waals surface area contributed by atoms with Crippen LogP contribution < -0.4 is 10.1 Å². The third kappa shape index (κ3) is 5.34. The minimum absolute atomic E-state index is 0.113. The SMILES string of the molecule is CC(C)(C)c1ccc(/C=C/C(=O)Nc2ccccc2Oc2ccccc2)cc1. The first-order valence-corrected chi connectivity index (χ1v) is 9.33. The maximum Gasteiger partial charge on any atom is 0.248 e. The Morgan fingerprint density at radius 1 is 0.857 bits per heavy atom. The molecule has 0 heterocycles. The predicted octanol–water partition coefficient (Wildman–Crippen LogP) is 6.43. The van der Waals surface area contributed by atoms with Gasteiger partial charge in [0.25, 0.3) is 0 Å². The van der Waals surface area contributed by atoms with Crippen LogP contribution in [0, 0.1) is 0 Å². The smallest absolute Gasteiger partial charge is 0.248 e. The average molecular weight is 371 g/mol. The zero-order valence-electron chi connectivity index (χ0n) is 16.5. The number of nitrogens with one attached hydrogen (secondary N) is 1. The van der Waals surface area contributed by atoms with Crippen LogP contribution in [0.25, 0.3) is 6.08 Å². The van der Waals surface area contributed by atoms with E-state index in [1.54, 1.807) is 0 Å². The zero-order valence-corrected chi connectivity index (χ0v) is 16.5. The Labute approximate surface area is 166 Å². The maximum atomic E-state index is 12.4. The van der Waals surface area contributed by atoms with E-state index in [9.17, 15) is 4.79 Å². The molecule has 0 radical (unpaired) electrons. The highest BCUT2D eigenvalue weighted by Crippen LogP contribution is 2.29. The van der Waals surface area contributed by atoms with E-state index in [1.807, 2.05) is 72.8 Å². The number of carbonyl (C=O) groups excluding carboxylic acids is 1. The topological polar surface area (TPSA) is 38.3 Å². The van der Waals surface area contributed by atoms with Crippen molar-refractivity contribution < 1.29 is 9.53 Å². The van der Waals surface area contributed by atoms with Crippen LogP contribution in [0.15, 0.2) is 84.9 Å². The Kier molecular flexibility index (Phi) is 5.95. The number of para-hydroxylation sites is 3. The minimum Gasteiger partial charge on any atom is -0.455 e. The Hall–Kier alpha value is -3.33. The molecule has 0 atom stereocenters. The lowest BCUT2D eigenvalue weighted by atomic mass is 9.87. The van der Waals surface area contributed by atoms with E-state index >= 15 is 0 Å². The van der Waals surface area contributed by atoms with Crippen LogP contribution in [-0.4, -0.2) is 5.91 Å². The molecule has 0 aliphatic rings. The molecule has 0 bridgehead atoms. The van der Waals surface area contributed by atoms with Crippen molar-refractivity contribution in [1.29, 1.82) is 0 Å². The normalized spacial score (nSPS) is 11.4. The number of amides is 1. The second-order valence-electron chi connectivity index (χ2n) is 7.61. The van der Waals surface area contributed by atoms with Crippen molar-refractivity contribution >= 4 is 17.7 Å². The van der Waals surface area contributed by atoms with Gasteiger partial charge in [0, 0.05) is 6.08 Å². The van der Waals surface area contributed by atoms with Gasteiger partial charge in [0.15, 0.2) is 5.75 Å². The van der Waals surface area contributed by atoms with Crippen LogP contribution in [-0.2, 0) is 10.2 Å². The highest BCUT2D eigenvalue weighted by Gasteiger charge is 2.12. The number of hydrogen-bond acceptors (Lipinski definition) is 2. The van der Waals surface area contributed by atoms with E-state index in [4.69, 9.17) is 4.74 Å². The highest BCUT2D eigenvalue weighted by atomic mass is 16.5. The molecule has 0 unspecified atom stereocenters. The number of hydrogen-bond donors (Lipinski definition) is 1. The van der Waals surface area contributed by atoms with Gasteiger partial charge >= 0.3 is 0 Å². The van der Waals surface area contributed by atoms with Crippen LogP contribution in [0.3, 0.4) is 0 Å². The molecule has 0 spiro atoms.